The first kappa shape index (κ1) is 23.0. The van der Waals surface area contributed by atoms with Crippen LogP contribution in [0.3, 0.4) is 0 Å². The first-order valence-electron chi connectivity index (χ1n) is 9.26. The van der Waals surface area contributed by atoms with E-state index in [0.717, 1.165) is 10.6 Å². The monoisotopic (exact) mass is 473 g/mol. The van der Waals surface area contributed by atoms with Gasteiger partial charge in [-0.3, -0.25) is 4.79 Å². The standard InChI is InChI=1S/C20H22Cl2FN3O3S/c1-24(30(2,28)29)13-14-5-3-8-17(19(14)23)25-9-11-26(12-10-25)20(27)18-15(21)6-4-7-16(18)22/h3-8H,9-13H2,1-2H3. The minimum atomic E-state index is -3.42. The van der Waals surface area contributed by atoms with Crippen LogP contribution in [-0.2, 0) is 21.2 Å². The molecule has 0 spiro atoms. The highest BCUT2D eigenvalue weighted by Gasteiger charge is 2.27. The second kappa shape index (κ2) is 9.20. The lowest BCUT2D eigenvalue weighted by molar-refractivity contribution is 0.0747. The molecule has 2 aromatic rings. The number of sulfonamides is 1. The fourth-order valence-corrected chi connectivity index (χ4v) is 4.23. The van der Waals surface area contributed by atoms with Crippen molar-refractivity contribution in [2.75, 3.05) is 44.4 Å². The number of hydrogen-bond donors (Lipinski definition) is 0. The molecule has 1 aliphatic rings. The van der Waals surface area contributed by atoms with Gasteiger partial charge >= 0.3 is 0 Å². The summed E-state index contributed by atoms with van der Waals surface area (Å²) in [4.78, 5) is 16.3. The van der Waals surface area contributed by atoms with Crippen LogP contribution in [0.1, 0.15) is 15.9 Å². The SMILES string of the molecule is CN(Cc1cccc(N2CCN(C(=O)c3c(Cl)cccc3Cl)CC2)c1F)[S+](C)(=O)[O-]. The average Bonchev–Trinajstić information content (AvgIpc) is 2.69. The third kappa shape index (κ3) is 4.95. The van der Waals surface area contributed by atoms with Crippen LogP contribution in [-0.4, -0.2) is 59.1 Å². The Labute approximate surface area is 186 Å². The molecule has 0 bridgehead atoms. The molecular weight excluding hydrogens is 452 g/mol. The Morgan fingerprint density at radius 2 is 1.70 bits per heavy atom. The number of carbonyl (C=O) groups is 1. The zero-order chi connectivity index (χ0) is 22.1. The molecule has 1 atom stereocenters. The van der Waals surface area contributed by atoms with Gasteiger partial charge in [0.2, 0.25) is 0 Å². The molecule has 0 N–H and O–H groups in total. The molecule has 0 saturated carbocycles. The van der Waals surface area contributed by atoms with Gasteiger partial charge in [0.05, 0.1) is 27.8 Å². The van der Waals surface area contributed by atoms with Crippen LogP contribution >= 0.6 is 23.2 Å². The van der Waals surface area contributed by atoms with Gasteiger partial charge in [0.15, 0.2) is 5.82 Å². The zero-order valence-corrected chi connectivity index (χ0v) is 18.9. The van der Waals surface area contributed by atoms with E-state index in [9.17, 15) is 13.6 Å². The predicted molar refractivity (Wildman–Crippen MR) is 117 cm³/mol. The van der Waals surface area contributed by atoms with Crippen LogP contribution < -0.4 is 4.90 Å². The van der Waals surface area contributed by atoms with E-state index >= 15 is 4.39 Å². The highest BCUT2D eigenvalue weighted by Crippen LogP contribution is 2.28. The van der Waals surface area contributed by atoms with Crippen molar-refractivity contribution in [3.05, 3.63) is 63.4 Å². The van der Waals surface area contributed by atoms with Gasteiger partial charge in [0.1, 0.15) is 16.7 Å². The van der Waals surface area contributed by atoms with E-state index in [4.69, 9.17) is 23.2 Å². The van der Waals surface area contributed by atoms with Crippen molar-refractivity contribution in [1.82, 2.24) is 9.21 Å². The van der Waals surface area contributed by atoms with E-state index in [1.807, 2.05) is 4.90 Å². The number of nitrogens with zero attached hydrogens (tertiary/aromatic N) is 3. The van der Waals surface area contributed by atoms with Gasteiger partial charge in [-0.1, -0.05) is 45.6 Å². The number of halogens is 3. The molecule has 30 heavy (non-hydrogen) atoms. The molecule has 1 aliphatic heterocycles. The Morgan fingerprint density at radius 1 is 1.13 bits per heavy atom. The summed E-state index contributed by atoms with van der Waals surface area (Å²) in [5.41, 5.74) is 0.949. The minimum absolute atomic E-state index is 0.0536. The molecule has 0 aliphatic carbocycles. The second-order valence-electron chi connectivity index (χ2n) is 7.15. The zero-order valence-electron chi connectivity index (χ0n) is 16.6. The molecule has 6 nitrogen and oxygen atoms in total. The lowest BCUT2D eigenvalue weighted by atomic mass is 10.1. The van der Waals surface area contributed by atoms with E-state index in [2.05, 4.69) is 0 Å². The summed E-state index contributed by atoms with van der Waals surface area (Å²) in [7, 11) is -2.01. The van der Waals surface area contributed by atoms with Crippen molar-refractivity contribution in [1.29, 1.82) is 0 Å². The quantitative estimate of drug-likeness (QED) is 0.620. The molecule has 1 fully saturated rings. The van der Waals surface area contributed by atoms with Crippen LogP contribution in [0.15, 0.2) is 36.4 Å². The summed E-state index contributed by atoms with van der Waals surface area (Å²) in [6.45, 7) is 1.56. The maximum atomic E-state index is 15.1. The van der Waals surface area contributed by atoms with Gasteiger partial charge < -0.3 is 14.4 Å². The fourth-order valence-electron chi connectivity index (χ4n) is 3.30. The molecule has 1 amide bonds. The van der Waals surface area contributed by atoms with Crippen LogP contribution in [0.5, 0.6) is 0 Å². The van der Waals surface area contributed by atoms with E-state index < -0.39 is 16.2 Å². The van der Waals surface area contributed by atoms with E-state index in [1.165, 1.54) is 7.05 Å². The van der Waals surface area contributed by atoms with Crippen molar-refractivity contribution in [2.24, 2.45) is 0 Å². The highest BCUT2D eigenvalue weighted by molar-refractivity contribution is 7.94. The van der Waals surface area contributed by atoms with Gasteiger partial charge in [-0.25, -0.2) is 4.39 Å². The average molecular weight is 474 g/mol. The number of anilines is 1. The predicted octanol–water partition coefficient (Wildman–Crippen LogP) is 3.70. The Bertz CT molecular complexity index is 973. The topological polar surface area (TPSA) is 66.9 Å². The maximum absolute atomic E-state index is 15.1. The van der Waals surface area contributed by atoms with Crippen molar-refractivity contribution in [2.45, 2.75) is 6.54 Å². The number of hydrogen-bond acceptors (Lipinski definition) is 4. The Morgan fingerprint density at radius 3 is 2.27 bits per heavy atom. The lowest BCUT2D eigenvalue weighted by Gasteiger charge is -2.36. The third-order valence-electron chi connectivity index (χ3n) is 5.10. The van der Waals surface area contributed by atoms with Crippen molar-refractivity contribution >= 4 is 45.2 Å². The summed E-state index contributed by atoms with van der Waals surface area (Å²) < 4.78 is 39.4. The number of carbonyl (C=O) groups excluding carboxylic acids is 1. The van der Waals surface area contributed by atoms with Crippen molar-refractivity contribution in [3.63, 3.8) is 0 Å². The summed E-state index contributed by atoms with van der Waals surface area (Å²) in [6.07, 6.45) is 1.08. The molecule has 2 aromatic carbocycles. The largest absolute Gasteiger partial charge is 0.598 e. The number of rotatable bonds is 5. The molecule has 162 valence electrons. The van der Waals surface area contributed by atoms with E-state index in [0.29, 0.717) is 47.5 Å². The third-order valence-corrected chi connectivity index (χ3v) is 6.99. The number of amides is 1. The number of benzene rings is 2. The Kier molecular flexibility index (Phi) is 7.04. The van der Waals surface area contributed by atoms with Gasteiger partial charge in [0, 0.05) is 38.8 Å². The molecule has 1 saturated heterocycles. The van der Waals surface area contributed by atoms with Crippen LogP contribution in [0.4, 0.5) is 10.1 Å². The van der Waals surface area contributed by atoms with Crippen LogP contribution in [0.2, 0.25) is 10.0 Å². The van der Waals surface area contributed by atoms with Crippen molar-refractivity contribution in [3.8, 4) is 0 Å². The Hall–Kier alpha value is -1.71. The number of piperazine rings is 1. The van der Waals surface area contributed by atoms with Crippen LogP contribution in [0.25, 0.3) is 0 Å². The molecule has 0 radical (unpaired) electrons. The van der Waals surface area contributed by atoms with Gasteiger partial charge in [-0.2, -0.15) is 0 Å². The summed E-state index contributed by atoms with van der Waals surface area (Å²) in [5, 5.41) is 0.590. The first-order valence-corrected chi connectivity index (χ1v) is 11.9. The normalized spacial score (nSPS) is 16.6. The molecule has 10 heteroatoms. The smallest absolute Gasteiger partial charge is 0.257 e. The molecule has 0 aromatic heterocycles. The van der Waals surface area contributed by atoms with Crippen LogP contribution in [0, 0.1) is 5.82 Å². The minimum Gasteiger partial charge on any atom is -0.598 e. The summed E-state index contributed by atoms with van der Waals surface area (Å²) in [5.74, 6) is -0.712. The molecule has 1 unspecified atom stereocenters. The highest BCUT2D eigenvalue weighted by atomic mass is 35.5. The molecular formula is C20H22Cl2FN3O3S. The van der Waals surface area contributed by atoms with Gasteiger partial charge in [-0.15, -0.1) is 4.31 Å². The van der Waals surface area contributed by atoms with Gasteiger partial charge in [-0.05, 0) is 18.2 Å². The second-order valence-corrected chi connectivity index (χ2v) is 10.0. The summed E-state index contributed by atoms with van der Waals surface area (Å²) in [6, 6.07) is 9.83. The van der Waals surface area contributed by atoms with Gasteiger partial charge in [0.25, 0.3) is 5.91 Å². The summed E-state index contributed by atoms with van der Waals surface area (Å²) >= 11 is 12.3. The maximum Gasteiger partial charge on any atom is 0.257 e. The molecule has 3 rings (SSSR count). The van der Waals surface area contributed by atoms with E-state index in [-0.39, 0.29) is 18.0 Å². The first-order chi connectivity index (χ1) is 14.1. The fraction of sp³-hybridized carbons (Fsp3) is 0.350. The molecule has 1 heterocycles. The lowest BCUT2D eigenvalue weighted by Crippen LogP contribution is -2.49. The van der Waals surface area contributed by atoms with Crippen molar-refractivity contribution < 1.29 is 17.9 Å². The van der Waals surface area contributed by atoms with E-state index in [1.54, 1.807) is 41.3 Å². The Balaban J connectivity index is 1.72.